The summed E-state index contributed by atoms with van der Waals surface area (Å²) in [6.45, 7) is 1.82. The molecule has 7 heteroatoms. The van der Waals surface area contributed by atoms with E-state index in [1.165, 1.54) is 0 Å². The van der Waals surface area contributed by atoms with E-state index in [-0.39, 0.29) is 29.3 Å². The fraction of sp³-hybridized carbons (Fsp3) is 0.400. The number of hydrogen-bond acceptors (Lipinski definition) is 3. The van der Waals surface area contributed by atoms with Crippen LogP contribution in [-0.4, -0.2) is 17.6 Å². The van der Waals surface area contributed by atoms with Crippen molar-refractivity contribution in [1.82, 2.24) is 4.98 Å². The van der Waals surface area contributed by atoms with Gasteiger partial charge in [0.25, 0.3) is 6.43 Å². The maximum atomic E-state index is 12.7. The topological polar surface area (TPSA) is 39.2 Å². The number of halogens is 4. The zero-order chi connectivity index (χ0) is 13.0. The predicted octanol–water partition coefficient (Wildman–Crippen LogP) is 3.54. The minimum atomic E-state index is -2.72. The minimum Gasteiger partial charge on any atom is -0.462 e. The zero-order valence-corrected chi connectivity index (χ0v) is 11.8. The second kappa shape index (κ2) is 6.44. The van der Waals surface area contributed by atoms with Gasteiger partial charge >= 0.3 is 5.97 Å². The third-order valence-corrected chi connectivity index (χ3v) is 3.02. The molecule has 0 spiro atoms. The van der Waals surface area contributed by atoms with Gasteiger partial charge in [0.2, 0.25) is 0 Å². The first kappa shape index (κ1) is 14.6. The molecular formula is C10H9ClF2INO2. The third-order valence-electron chi connectivity index (χ3n) is 1.95. The first-order chi connectivity index (χ1) is 8.01. The Bertz CT molecular complexity index is 429. The number of pyridine rings is 1. The van der Waals surface area contributed by atoms with Crippen LogP contribution in [0.2, 0.25) is 0 Å². The number of ether oxygens (including phenoxy) is 1. The lowest BCUT2D eigenvalue weighted by molar-refractivity contribution is 0.0524. The van der Waals surface area contributed by atoms with Gasteiger partial charge in [-0.15, -0.1) is 11.6 Å². The molecule has 0 saturated heterocycles. The Balaban J connectivity index is 3.24. The van der Waals surface area contributed by atoms with Crippen LogP contribution in [0.3, 0.4) is 0 Å². The fourth-order valence-electron chi connectivity index (χ4n) is 1.19. The molecule has 0 N–H and O–H groups in total. The Morgan fingerprint density at radius 2 is 2.29 bits per heavy atom. The van der Waals surface area contributed by atoms with Crippen molar-refractivity contribution in [1.29, 1.82) is 0 Å². The first-order valence-corrected chi connectivity index (χ1v) is 6.33. The number of carbonyl (C=O) groups is 1. The van der Waals surface area contributed by atoms with Crippen LogP contribution in [0.15, 0.2) is 6.07 Å². The summed E-state index contributed by atoms with van der Waals surface area (Å²) in [5.74, 6) is -0.786. The average Bonchev–Trinajstić information content (AvgIpc) is 2.28. The van der Waals surface area contributed by atoms with Gasteiger partial charge in [-0.3, -0.25) is 0 Å². The second-order valence-corrected chi connectivity index (χ2v) is 4.31. The Morgan fingerprint density at radius 3 is 2.76 bits per heavy atom. The van der Waals surface area contributed by atoms with Crippen LogP contribution < -0.4 is 0 Å². The number of esters is 1. The van der Waals surface area contributed by atoms with Crippen LogP contribution in [0.5, 0.6) is 0 Å². The summed E-state index contributed by atoms with van der Waals surface area (Å²) in [4.78, 5) is 15.4. The van der Waals surface area contributed by atoms with Crippen molar-refractivity contribution in [3.05, 3.63) is 26.6 Å². The predicted molar refractivity (Wildman–Crippen MR) is 67.4 cm³/mol. The number of nitrogens with zero attached hydrogens (tertiary/aromatic N) is 1. The van der Waals surface area contributed by atoms with E-state index in [1.54, 1.807) is 29.5 Å². The summed E-state index contributed by atoms with van der Waals surface area (Å²) < 4.78 is 30.5. The Hall–Kier alpha value is -0.500. The zero-order valence-electron chi connectivity index (χ0n) is 8.84. The van der Waals surface area contributed by atoms with Gasteiger partial charge in [0, 0.05) is 5.56 Å². The molecule has 17 heavy (non-hydrogen) atoms. The van der Waals surface area contributed by atoms with Crippen LogP contribution in [0.25, 0.3) is 0 Å². The molecule has 0 fully saturated rings. The van der Waals surface area contributed by atoms with Gasteiger partial charge < -0.3 is 4.74 Å². The van der Waals surface area contributed by atoms with Gasteiger partial charge in [0.15, 0.2) is 0 Å². The van der Waals surface area contributed by atoms with Gasteiger partial charge in [-0.1, -0.05) is 0 Å². The van der Waals surface area contributed by atoms with Crippen molar-refractivity contribution in [3.8, 4) is 0 Å². The number of aromatic nitrogens is 1. The van der Waals surface area contributed by atoms with Gasteiger partial charge in [0.05, 0.1) is 23.7 Å². The van der Waals surface area contributed by atoms with Crippen molar-refractivity contribution < 1.29 is 18.3 Å². The molecule has 0 aliphatic heterocycles. The lowest BCUT2D eigenvalue weighted by Crippen LogP contribution is -2.11. The fourth-order valence-corrected chi connectivity index (χ4v) is 2.07. The normalized spacial score (nSPS) is 10.7. The summed E-state index contributed by atoms with van der Waals surface area (Å²) >= 11 is 7.31. The largest absolute Gasteiger partial charge is 0.462 e. The van der Waals surface area contributed by atoms with E-state index in [0.717, 1.165) is 6.07 Å². The van der Waals surface area contributed by atoms with Crippen molar-refractivity contribution in [2.24, 2.45) is 0 Å². The number of rotatable bonds is 4. The Morgan fingerprint density at radius 1 is 1.65 bits per heavy atom. The van der Waals surface area contributed by atoms with E-state index in [4.69, 9.17) is 16.3 Å². The summed E-state index contributed by atoms with van der Waals surface area (Å²) in [5, 5.41) is 0. The molecule has 1 rings (SSSR count). The van der Waals surface area contributed by atoms with Crippen molar-refractivity contribution >= 4 is 40.2 Å². The SMILES string of the molecule is CCOC(=O)c1cc(C(F)F)c(CCl)nc1I. The molecule has 0 radical (unpaired) electrons. The van der Waals surface area contributed by atoms with E-state index < -0.39 is 12.4 Å². The number of alkyl halides is 3. The summed E-state index contributed by atoms with van der Waals surface area (Å²) in [6, 6.07) is 1.09. The average molecular weight is 376 g/mol. The van der Waals surface area contributed by atoms with Crippen LogP contribution >= 0.6 is 34.2 Å². The highest BCUT2D eigenvalue weighted by Gasteiger charge is 2.20. The van der Waals surface area contributed by atoms with Crippen LogP contribution in [0.4, 0.5) is 8.78 Å². The maximum absolute atomic E-state index is 12.7. The van der Waals surface area contributed by atoms with Gasteiger partial charge in [-0.25, -0.2) is 18.6 Å². The van der Waals surface area contributed by atoms with Crippen molar-refractivity contribution in [2.75, 3.05) is 6.61 Å². The lowest BCUT2D eigenvalue weighted by atomic mass is 10.1. The van der Waals surface area contributed by atoms with E-state index >= 15 is 0 Å². The third kappa shape index (κ3) is 3.48. The molecule has 0 unspecified atom stereocenters. The molecule has 3 nitrogen and oxygen atoms in total. The Kier molecular flexibility index (Phi) is 5.51. The highest BCUT2D eigenvalue weighted by Crippen LogP contribution is 2.26. The lowest BCUT2D eigenvalue weighted by Gasteiger charge is -2.10. The first-order valence-electron chi connectivity index (χ1n) is 4.71. The Labute approximate surface area is 116 Å². The summed E-state index contributed by atoms with van der Waals surface area (Å²) in [5.41, 5.74) is -0.209. The van der Waals surface area contributed by atoms with Gasteiger partial charge in [0.1, 0.15) is 3.70 Å². The molecule has 1 aromatic heterocycles. The maximum Gasteiger partial charge on any atom is 0.340 e. The smallest absolute Gasteiger partial charge is 0.340 e. The van der Waals surface area contributed by atoms with Crippen LogP contribution in [0.1, 0.15) is 35.0 Å². The van der Waals surface area contributed by atoms with Crippen LogP contribution in [-0.2, 0) is 10.6 Å². The molecule has 0 aromatic carbocycles. The number of carbonyl (C=O) groups excluding carboxylic acids is 1. The van der Waals surface area contributed by atoms with Crippen molar-refractivity contribution in [2.45, 2.75) is 19.2 Å². The van der Waals surface area contributed by atoms with E-state index in [0.29, 0.717) is 3.70 Å². The molecule has 0 aliphatic carbocycles. The molecule has 0 atom stereocenters. The van der Waals surface area contributed by atoms with E-state index in [2.05, 4.69) is 4.98 Å². The summed E-state index contributed by atoms with van der Waals surface area (Å²) in [6.07, 6.45) is -2.72. The highest BCUT2D eigenvalue weighted by atomic mass is 127. The molecule has 0 saturated carbocycles. The minimum absolute atomic E-state index is 0.0385. The second-order valence-electron chi connectivity index (χ2n) is 3.02. The van der Waals surface area contributed by atoms with Gasteiger partial charge in [-0.2, -0.15) is 0 Å². The molecule has 1 heterocycles. The summed E-state index contributed by atoms with van der Waals surface area (Å²) in [7, 11) is 0. The van der Waals surface area contributed by atoms with E-state index in [1.807, 2.05) is 0 Å². The molecule has 0 bridgehead atoms. The molecule has 0 amide bonds. The number of hydrogen-bond donors (Lipinski definition) is 0. The molecule has 94 valence electrons. The highest BCUT2D eigenvalue weighted by molar-refractivity contribution is 14.1. The molecule has 1 aromatic rings. The van der Waals surface area contributed by atoms with E-state index in [9.17, 15) is 13.6 Å². The van der Waals surface area contributed by atoms with Crippen molar-refractivity contribution in [3.63, 3.8) is 0 Å². The van der Waals surface area contributed by atoms with Crippen LogP contribution in [0, 0.1) is 3.70 Å². The molecular weight excluding hydrogens is 366 g/mol. The quantitative estimate of drug-likeness (QED) is 0.350. The monoisotopic (exact) mass is 375 g/mol. The van der Waals surface area contributed by atoms with Gasteiger partial charge in [-0.05, 0) is 35.6 Å². The molecule has 0 aliphatic rings. The standard InChI is InChI=1S/C10H9ClF2INO2/c1-2-17-10(16)6-3-5(8(12)13)7(4-11)15-9(6)14/h3,8H,2,4H2,1H3.